The topological polar surface area (TPSA) is 97.5 Å². The summed E-state index contributed by atoms with van der Waals surface area (Å²) in [5.74, 6) is -0.410. The van der Waals surface area contributed by atoms with Gasteiger partial charge in [-0.25, -0.2) is 0 Å². The highest BCUT2D eigenvalue weighted by atomic mass is 16.6. The van der Waals surface area contributed by atoms with Crippen LogP contribution >= 0.6 is 0 Å². The first-order valence-corrected chi connectivity index (χ1v) is 8.97. The monoisotopic (exact) mass is 370 g/mol. The van der Waals surface area contributed by atoms with E-state index < -0.39 is 16.4 Å². The lowest BCUT2D eigenvalue weighted by molar-refractivity contribution is -0.385. The summed E-state index contributed by atoms with van der Waals surface area (Å²) in [6, 6.07) is 9.83. The number of anilines is 1. The summed E-state index contributed by atoms with van der Waals surface area (Å²) < 4.78 is 1.03. The van der Waals surface area contributed by atoms with Gasteiger partial charge in [-0.05, 0) is 43.6 Å². The third-order valence-electron chi connectivity index (χ3n) is 4.56. The van der Waals surface area contributed by atoms with Crippen LogP contribution in [0.1, 0.15) is 24.8 Å². The van der Waals surface area contributed by atoms with E-state index in [1.165, 1.54) is 19.3 Å². The summed E-state index contributed by atoms with van der Waals surface area (Å²) in [7, 11) is 0. The van der Waals surface area contributed by atoms with Crippen LogP contribution in [0.15, 0.2) is 47.4 Å². The Morgan fingerprint density at radius 1 is 1.15 bits per heavy atom. The zero-order chi connectivity index (χ0) is 19.2. The van der Waals surface area contributed by atoms with Crippen molar-refractivity contribution in [2.45, 2.75) is 32.4 Å². The maximum atomic E-state index is 12.3. The van der Waals surface area contributed by atoms with Gasteiger partial charge >= 0.3 is 0 Å². The summed E-state index contributed by atoms with van der Waals surface area (Å²) in [6.45, 7) is 2.74. The molecule has 0 saturated carbocycles. The number of hydrogen-bond acceptors (Lipinski definition) is 5. The van der Waals surface area contributed by atoms with E-state index in [4.69, 9.17) is 0 Å². The van der Waals surface area contributed by atoms with Gasteiger partial charge in [0.25, 0.3) is 11.2 Å². The van der Waals surface area contributed by atoms with Crippen molar-refractivity contribution in [1.82, 2.24) is 9.47 Å². The summed E-state index contributed by atoms with van der Waals surface area (Å²) in [5.41, 5.74) is 1.07. The van der Waals surface area contributed by atoms with Crippen LogP contribution < -0.4 is 10.9 Å². The molecule has 1 amide bonds. The maximum Gasteiger partial charge on any atom is 0.285 e. The fourth-order valence-electron chi connectivity index (χ4n) is 3.23. The number of amides is 1. The number of nitro groups is 1. The highest BCUT2D eigenvalue weighted by Gasteiger charge is 2.12. The molecule has 1 aliphatic rings. The highest BCUT2D eigenvalue weighted by Crippen LogP contribution is 2.16. The van der Waals surface area contributed by atoms with Crippen molar-refractivity contribution in [3.05, 3.63) is 68.6 Å². The predicted molar refractivity (Wildman–Crippen MR) is 102 cm³/mol. The van der Waals surface area contributed by atoms with Crippen molar-refractivity contribution >= 4 is 17.3 Å². The molecule has 3 rings (SSSR count). The average Bonchev–Trinajstić information content (AvgIpc) is 2.64. The fraction of sp³-hybridized carbons (Fsp3) is 0.368. The highest BCUT2D eigenvalue weighted by molar-refractivity contribution is 5.90. The normalized spacial score (nSPS) is 14.7. The van der Waals surface area contributed by atoms with Crippen LogP contribution in [-0.4, -0.2) is 33.4 Å². The number of carbonyl (C=O) groups excluding carboxylic acids is 1. The van der Waals surface area contributed by atoms with E-state index in [0.717, 1.165) is 48.1 Å². The summed E-state index contributed by atoms with van der Waals surface area (Å²) in [5, 5.41) is 13.6. The molecule has 2 aromatic rings. The van der Waals surface area contributed by atoms with E-state index in [-0.39, 0.29) is 12.2 Å². The molecule has 8 heteroatoms. The Kier molecular flexibility index (Phi) is 5.97. The van der Waals surface area contributed by atoms with Crippen molar-refractivity contribution in [3.63, 3.8) is 0 Å². The van der Waals surface area contributed by atoms with Gasteiger partial charge in [0.1, 0.15) is 6.54 Å². The lowest BCUT2D eigenvalue weighted by atomic mass is 10.1. The van der Waals surface area contributed by atoms with Crippen LogP contribution in [0.2, 0.25) is 0 Å². The van der Waals surface area contributed by atoms with Gasteiger partial charge in [-0.15, -0.1) is 0 Å². The zero-order valence-corrected chi connectivity index (χ0v) is 15.0. The smallest absolute Gasteiger partial charge is 0.285 e. The van der Waals surface area contributed by atoms with Crippen LogP contribution in [0.5, 0.6) is 0 Å². The number of hydrogen-bond donors (Lipinski definition) is 1. The maximum absolute atomic E-state index is 12.3. The Bertz CT molecular complexity index is 887. The predicted octanol–water partition coefficient (Wildman–Crippen LogP) is 2.38. The van der Waals surface area contributed by atoms with Crippen LogP contribution in [0.4, 0.5) is 11.4 Å². The van der Waals surface area contributed by atoms with Gasteiger partial charge in [0.15, 0.2) is 0 Å². The number of likely N-dealkylation sites (tertiary alicyclic amines) is 1. The molecular formula is C19H22N4O4. The molecule has 0 spiro atoms. The van der Waals surface area contributed by atoms with Gasteiger partial charge < -0.3 is 5.32 Å². The first-order valence-electron chi connectivity index (χ1n) is 8.97. The molecule has 0 bridgehead atoms. The van der Waals surface area contributed by atoms with Gasteiger partial charge in [-0.2, -0.15) is 0 Å². The molecule has 0 atom stereocenters. The van der Waals surface area contributed by atoms with Gasteiger partial charge in [-0.3, -0.25) is 29.2 Å². The van der Waals surface area contributed by atoms with Gasteiger partial charge in [0.05, 0.1) is 11.1 Å². The molecule has 0 radical (unpaired) electrons. The number of carbonyl (C=O) groups is 1. The largest absolute Gasteiger partial charge is 0.325 e. The van der Waals surface area contributed by atoms with E-state index in [0.29, 0.717) is 5.69 Å². The van der Waals surface area contributed by atoms with Crippen molar-refractivity contribution < 1.29 is 9.72 Å². The molecule has 0 aliphatic carbocycles. The first-order chi connectivity index (χ1) is 13.0. The number of rotatable bonds is 6. The molecule has 1 N–H and O–H groups in total. The van der Waals surface area contributed by atoms with E-state index in [9.17, 15) is 19.7 Å². The second kappa shape index (κ2) is 8.59. The molecule has 2 heterocycles. The Hall–Kier alpha value is -3.00. The minimum atomic E-state index is -0.599. The number of nitrogens with one attached hydrogen (secondary N) is 1. The van der Waals surface area contributed by atoms with Crippen molar-refractivity contribution in [1.29, 1.82) is 0 Å². The molecule has 8 nitrogen and oxygen atoms in total. The molecule has 1 fully saturated rings. The number of nitrogens with zero attached hydrogens (tertiary/aromatic N) is 3. The van der Waals surface area contributed by atoms with Crippen LogP contribution in [0.25, 0.3) is 0 Å². The molecule has 1 aromatic carbocycles. The van der Waals surface area contributed by atoms with E-state index >= 15 is 0 Å². The lowest BCUT2D eigenvalue weighted by Gasteiger charge is -2.26. The van der Waals surface area contributed by atoms with Crippen LogP contribution in [-0.2, 0) is 17.9 Å². The second-order valence-electron chi connectivity index (χ2n) is 6.70. The minimum absolute atomic E-state index is 0.231. The van der Waals surface area contributed by atoms with Gasteiger partial charge in [0.2, 0.25) is 5.91 Å². The minimum Gasteiger partial charge on any atom is -0.325 e. The van der Waals surface area contributed by atoms with Crippen molar-refractivity contribution in [3.8, 4) is 0 Å². The molecule has 142 valence electrons. The number of benzene rings is 1. The van der Waals surface area contributed by atoms with Crippen LogP contribution in [0, 0.1) is 10.1 Å². The SMILES string of the molecule is O=C(Cn1cc([N+](=O)[O-])ccc1=O)Nc1cccc(CN2CCCCC2)c1. The quantitative estimate of drug-likeness (QED) is 0.622. The standard InChI is InChI=1S/C19H22N4O4/c24-18(14-22-13-17(23(26)27)7-8-19(22)25)20-16-6-4-5-15(11-16)12-21-9-2-1-3-10-21/h4-8,11,13H,1-3,9-10,12,14H2,(H,20,24). The van der Waals surface area contributed by atoms with E-state index in [1.54, 1.807) is 6.07 Å². The van der Waals surface area contributed by atoms with E-state index in [1.807, 2.05) is 18.2 Å². The summed E-state index contributed by atoms with van der Waals surface area (Å²) in [6.07, 6.45) is 4.79. The molecule has 1 aromatic heterocycles. The van der Waals surface area contributed by atoms with Crippen molar-refractivity contribution in [2.75, 3.05) is 18.4 Å². The second-order valence-corrected chi connectivity index (χ2v) is 6.70. The summed E-state index contributed by atoms with van der Waals surface area (Å²) in [4.78, 5) is 36.7. The number of aromatic nitrogens is 1. The molecule has 0 unspecified atom stereocenters. The zero-order valence-electron chi connectivity index (χ0n) is 15.0. The molecular weight excluding hydrogens is 348 g/mol. The molecule has 1 saturated heterocycles. The third kappa shape index (κ3) is 5.24. The molecule has 27 heavy (non-hydrogen) atoms. The first kappa shape index (κ1) is 18.8. The fourth-order valence-corrected chi connectivity index (χ4v) is 3.23. The Morgan fingerprint density at radius 2 is 1.93 bits per heavy atom. The molecule has 1 aliphatic heterocycles. The van der Waals surface area contributed by atoms with Gasteiger partial charge in [-0.1, -0.05) is 18.6 Å². The number of pyridine rings is 1. The third-order valence-corrected chi connectivity index (χ3v) is 4.56. The average molecular weight is 370 g/mol. The van der Waals surface area contributed by atoms with Gasteiger partial charge in [0, 0.05) is 24.4 Å². The van der Waals surface area contributed by atoms with E-state index in [2.05, 4.69) is 10.2 Å². The van der Waals surface area contributed by atoms with Crippen LogP contribution in [0.3, 0.4) is 0 Å². The summed E-state index contributed by atoms with van der Waals surface area (Å²) >= 11 is 0. The Balaban J connectivity index is 1.64. The Morgan fingerprint density at radius 3 is 2.67 bits per heavy atom. The number of piperidine rings is 1. The van der Waals surface area contributed by atoms with Crippen molar-refractivity contribution in [2.24, 2.45) is 0 Å². The lowest BCUT2D eigenvalue weighted by Crippen LogP contribution is -2.29. The Labute approximate surface area is 156 Å².